The summed E-state index contributed by atoms with van der Waals surface area (Å²) in [5.74, 6) is -1.97. The number of likely N-dealkylation sites (tertiary alicyclic amines) is 1. The fourth-order valence-corrected chi connectivity index (χ4v) is 3.24. The molecule has 2 heterocycles. The molecule has 0 spiro atoms. The molecular weight excluding hydrogens is 415 g/mol. The first-order valence-corrected chi connectivity index (χ1v) is 9.85. The highest BCUT2D eigenvalue weighted by Crippen LogP contribution is 2.26. The Morgan fingerprint density at radius 2 is 1.90 bits per heavy atom. The highest BCUT2D eigenvalue weighted by Gasteiger charge is 2.27. The van der Waals surface area contributed by atoms with Crippen LogP contribution in [0, 0.1) is 5.82 Å². The molecule has 2 aromatic rings. The van der Waals surface area contributed by atoms with Gasteiger partial charge in [0.15, 0.2) is 11.6 Å². The van der Waals surface area contributed by atoms with Crippen LogP contribution >= 0.6 is 0 Å². The predicted octanol–water partition coefficient (Wildman–Crippen LogP) is 4.35. The standard InChI is InChI=1S/C21H24F3N3O4.H2/c1-21(2,3)31-20(29)27-6-4-14(5-7-27)26-18(28)13-8-12-9-15(22)17(30-19(23)24)10-16(12)25-11-13;/h8-11,14,19H,4-7H2,1-3H3,(H,26,28);1H. The van der Waals surface area contributed by atoms with Gasteiger partial charge in [0.05, 0.1) is 11.1 Å². The van der Waals surface area contributed by atoms with E-state index in [1.54, 1.807) is 25.7 Å². The van der Waals surface area contributed by atoms with Crippen molar-refractivity contribution in [1.29, 1.82) is 0 Å². The summed E-state index contributed by atoms with van der Waals surface area (Å²) in [7, 11) is 0. The van der Waals surface area contributed by atoms with E-state index in [1.165, 1.54) is 12.3 Å². The van der Waals surface area contributed by atoms with Crippen molar-refractivity contribution in [2.24, 2.45) is 0 Å². The van der Waals surface area contributed by atoms with Crippen molar-refractivity contribution in [2.45, 2.75) is 51.9 Å². The number of alkyl halides is 2. The van der Waals surface area contributed by atoms with E-state index in [0.29, 0.717) is 25.9 Å². The molecule has 1 aromatic heterocycles. The molecule has 1 aliphatic heterocycles. The number of aromatic nitrogens is 1. The molecule has 1 saturated heterocycles. The minimum atomic E-state index is -3.15. The van der Waals surface area contributed by atoms with E-state index in [2.05, 4.69) is 15.0 Å². The lowest BCUT2D eigenvalue weighted by molar-refractivity contribution is -0.0521. The van der Waals surface area contributed by atoms with Gasteiger partial charge in [0.25, 0.3) is 5.91 Å². The largest absolute Gasteiger partial charge is 0.444 e. The van der Waals surface area contributed by atoms with Crippen LogP contribution in [-0.2, 0) is 4.74 Å². The summed E-state index contributed by atoms with van der Waals surface area (Å²) in [5.41, 5.74) is -0.139. The Kier molecular flexibility index (Phi) is 6.56. The number of piperidine rings is 1. The van der Waals surface area contributed by atoms with Crippen LogP contribution in [0.25, 0.3) is 10.9 Å². The maximum absolute atomic E-state index is 14.0. The van der Waals surface area contributed by atoms with Crippen LogP contribution in [0.2, 0.25) is 0 Å². The van der Waals surface area contributed by atoms with Crippen LogP contribution in [0.4, 0.5) is 18.0 Å². The van der Waals surface area contributed by atoms with Gasteiger partial charge in [0, 0.05) is 38.2 Å². The van der Waals surface area contributed by atoms with E-state index < -0.39 is 29.7 Å². The van der Waals surface area contributed by atoms with Gasteiger partial charge in [0.2, 0.25) is 0 Å². The van der Waals surface area contributed by atoms with Gasteiger partial charge in [-0.15, -0.1) is 0 Å². The molecule has 1 N–H and O–H groups in total. The molecule has 170 valence electrons. The molecule has 10 heteroatoms. The average molecular weight is 441 g/mol. The molecule has 2 amide bonds. The Balaban J connectivity index is 0.00000363. The monoisotopic (exact) mass is 441 g/mol. The van der Waals surface area contributed by atoms with Crippen molar-refractivity contribution in [3.05, 3.63) is 35.8 Å². The minimum Gasteiger partial charge on any atom is -0.444 e. The van der Waals surface area contributed by atoms with Crippen LogP contribution in [0.3, 0.4) is 0 Å². The molecule has 7 nitrogen and oxygen atoms in total. The van der Waals surface area contributed by atoms with E-state index in [9.17, 15) is 22.8 Å². The lowest BCUT2D eigenvalue weighted by atomic mass is 10.0. The second-order valence-corrected chi connectivity index (χ2v) is 8.29. The van der Waals surface area contributed by atoms with Gasteiger partial charge in [0.1, 0.15) is 5.60 Å². The molecule has 0 radical (unpaired) electrons. The van der Waals surface area contributed by atoms with Gasteiger partial charge in [-0.2, -0.15) is 8.78 Å². The van der Waals surface area contributed by atoms with E-state index in [0.717, 1.165) is 12.1 Å². The second-order valence-electron chi connectivity index (χ2n) is 8.29. The predicted molar refractivity (Wildman–Crippen MR) is 109 cm³/mol. The molecule has 0 bridgehead atoms. The highest BCUT2D eigenvalue weighted by atomic mass is 19.3. The molecule has 1 fully saturated rings. The van der Waals surface area contributed by atoms with Gasteiger partial charge in [-0.05, 0) is 45.7 Å². The van der Waals surface area contributed by atoms with Gasteiger partial charge in [-0.25, -0.2) is 9.18 Å². The third-order valence-electron chi connectivity index (χ3n) is 4.70. The first-order valence-electron chi connectivity index (χ1n) is 9.85. The number of fused-ring (bicyclic) bond motifs is 1. The normalized spacial score (nSPS) is 15.3. The van der Waals surface area contributed by atoms with Crippen molar-refractivity contribution >= 4 is 22.9 Å². The number of amides is 2. The smallest absolute Gasteiger partial charge is 0.410 e. The number of benzene rings is 1. The zero-order chi connectivity index (χ0) is 22.8. The lowest BCUT2D eigenvalue weighted by Crippen LogP contribution is -2.47. The van der Waals surface area contributed by atoms with Crippen molar-refractivity contribution in [2.75, 3.05) is 13.1 Å². The molecule has 0 aliphatic carbocycles. The van der Waals surface area contributed by atoms with Crippen LogP contribution in [0.15, 0.2) is 24.4 Å². The molecule has 0 atom stereocenters. The SMILES string of the molecule is CC(C)(C)OC(=O)N1CCC(NC(=O)c2cnc3cc(OC(F)F)c(F)cc3c2)CC1.[HH]. The maximum atomic E-state index is 14.0. The number of rotatable bonds is 4. The molecule has 1 aromatic carbocycles. The Bertz CT molecular complexity index is 977. The molecule has 1 aliphatic rings. The first kappa shape index (κ1) is 22.6. The fraction of sp³-hybridized carbons (Fsp3) is 0.476. The Morgan fingerprint density at radius 3 is 2.52 bits per heavy atom. The highest BCUT2D eigenvalue weighted by molar-refractivity contribution is 5.97. The van der Waals surface area contributed by atoms with E-state index in [4.69, 9.17) is 4.74 Å². The summed E-state index contributed by atoms with van der Waals surface area (Å²) in [6.45, 7) is 3.15. The van der Waals surface area contributed by atoms with Crippen molar-refractivity contribution < 1.29 is 33.7 Å². The summed E-state index contributed by atoms with van der Waals surface area (Å²) >= 11 is 0. The molecule has 31 heavy (non-hydrogen) atoms. The van der Waals surface area contributed by atoms with Gasteiger partial charge < -0.3 is 19.7 Å². The van der Waals surface area contributed by atoms with Crippen LogP contribution < -0.4 is 10.1 Å². The molecule has 0 saturated carbocycles. The van der Waals surface area contributed by atoms with Crippen molar-refractivity contribution in [1.82, 2.24) is 15.2 Å². The Hall–Kier alpha value is -3.04. The molecular formula is C21H26F3N3O4. The quantitative estimate of drug-likeness (QED) is 0.763. The van der Waals surface area contributed by atoms with Gasteiger partial charge in [-0.1, -0.05) is 0 Å². The number of halogens is 3. The van der Waals surface area contributed by atoms with Crippen LogP contribution in [0.5, 0.6) is 5.75 Å². The van der Waals surface area contributed by atoms with E-state index in [-0.39, 0.29) is 30.0 Å². The average Bonchev–Trinajstić information content (AvgIpc) is 2.67. The summed E-state index contributed by atoms with van der Waals surface area (Å²) in [6, 6.07) is 3.35. The van der Waals surface area contributed by atoms with E-state index >= 15 is 0 Å². The first-order chi connectivity index (χ1) is 14.5. The number of carbonyl (C=O) groups is 2. The van der Waals surface area contributed by atoms with Crippen LogP contribution in [0.1, 0.15) is 45.4 Å². The maximum Gasteiger partial charge on any atom is 0.410 e. The summed E-state index contributed by atoms with van der Waals surface area (Å²) < 4.78 is 48.1. The second kappa shape index (κ2) is 8.99. The summed E-state index contributed by atoms with van der Waals surface area (Å²) in [4.78, 5) is 30.4. The fourth-order valence-electron chi connectivity index (χ4n) is 3.24. The lowest BCUT2D eigenvalue weighted by Gasteiger charge is -2.33. The summed E-state index contributed by atoms with van der Waals surface area (Å²) in [6.07, 6.45) is 2.04. The molecule has 0 unspecified atom stereocenters. The number of hydrogen-bond donors (Lipinski definition) is 1. The van der Waals surface area contributed by atoms with Gasteiger partial charge >= 0.3 is 12.7 Å². The molecule has 3 rings (SSSR count). The number of pyridine rings is 1. The number of carbonyl (C=O) groups excluding carboxylic acids is 2. The zero-order valence-electron chi connectivity index (χ0n) is 17.5. The topological polar surface area (TPSA) is 80.8 Å². The number of hydrogen-bond acceptors (Lipinski definition) is 5. The van der Waals surface area contributed by atoms with Crippen molar-refractivity contribution in [3.63, 3.8) is 0 Å². The third kappa shape index (κ3) is 5.99. The number of nitrogens with zero attached hydrogens (tertiary/aromatic N) is 2. The summed E-state index contributed by atoms with van der Waals surface area (Å²) in [5, 5.41) is 3.17. The Labute approximate surface area is 179 Å². The van der Waals surface area contributed by atoms with Crippen molar-refractivity contribution in [3.8, 4) is 5.75 Å². The minimum absolute atomic E-state index is 0. The number of nitrogens with one attached hydrogen (secondary N) is 1. The van der Waals surface area contributed by atoms with Gasteiger partial charge in [-0.3, -0.25) is 9.78 Å². The third-order valence-corrected chi connectivity index (χ3v) is 4.70. The zero-order valence-corrected chi connectivity index (χ0v) is 17.5. The van der Waals surface area contributed by atoms with E-state index in [1.807, 2.05) is 0 Å². The Morgan fingerprint density at radius 1 is 1.23 bits per heavy atom. The van der Waals surface area contributed by atoms with Crippen LogP contribution in [-0.4, -0.2) is 53.2 Å². The number of ether oxygens (including phenoxy) is 2.